The number of alkyl halides is 3. The van der Waals surface area contributed by atoms with Crippen LogP contribution < -0.4 is 4.74 Å². The second-order valence-corrected chi connectivity index (χ2v) is 7.64. The highest BCUT2D eigenvalue weighted by atomic mass is 35.5. The third-order valence-electron chi connectivity index (χ3n) is 5.07. The van der Waals surface area contributed by atoms with Crippen LogP contribution in [0.25, 0.3) is 0 Å². The van der Waals surface area contributed by atoms with E-state index < -0.39 is 11.2 Å². The molecule has 0 saturated heterocycles. The molecule has 2 aromatic carbocycles. The zero-order valence-electron chi connectivity index (χ0n) is 14.6. The highest BCUT2D eigenvalue weighted by Gasteiger charge is 2.56. The van der Waals surface area contributed by atoms with Crippen LogP contribution in [0, 0.1) is 17.3 Å². The number of rotatable bonds is 5. The van der Waals surface area contributed by atoms with Gasteiger partial charge >= 0.3 is 6.18 Å². The molecule has 1 aliphatic rings. The van der Waals surface area contributed by atoms with Gasteiger partial charge < -0.3 is 4.74 Å². The normalized spacial score (nSPS) is 22.2. The number of ether oxygens (including phenoxy) is 1. The molecular formula is C21H20ClF3O. The molecule has 0 spiro atoms. The van der Waals surface area contributed by atoms with Crippen molar-refractivity contribution in [1.29, 1.82) is 0 Å². The first-order chi connectivity index (χ1) is 12.2. The lowest BCUT2D eigenvalue weighted by Gasteiger charge is -2.08. The topological polar surface area (TPSA) is 9.23 Å². The summed E-state index contributed by atoms with van der Waals surface area (Å²) < 4.78 is 43.9. The number of allylic oxidation sites excluding steroid dienone is 2. The summed E-state index contributed by atoms with van der Waals surface area (Å²) in [7, 11) is 0. The van der Waals surface area contributed by atoms with Crippen molar-refractivity contribution in [1.82, 2.24) is 0 Å². The Morgan fingerprint density at radius 1 is 1.08 bits per heavy atom. The quantitative estimate of drug-likeness (QED) is 0.543. The second kappa shape index (κ2) is 6.99. The summed E-state index contributed by atoms with van der Waals surface area (Å²) in [5, 5.41) is -1.03. The van der Waals surface area contributed by atoms with Crippen LogP contribution in [0.15, 0.2) is 65.7 Å². The molecule has 0 bridgehead atoms. The van der Waals surface area contributed by atoms with E-state index in [-0.39, 0.29) is 17.3 Å². The average molecular weight is 381 g/mol. The minimum Gasteiger partial charge on any atom is -0.457 e. The summed E-state index contributed by atoms with van der Waals surface area (Å²) in [5.74, 6) is 1.39. The predicted molar refractivity (Wildman–Crippen MR) is 97.4 cm³/mol. The van der Waals surface area contributed by atoms with Gasteiger partial charge in [0.15, 0.2) is 0 Å². The fourth-order valence-corrected chi connectivity index (χ4v) is 3.51. The Morgan fingerprint density at radius 2 is 1.73 bits per heavy atom. The van der Waals surface area contributed by atoms with Crippen molar-refractivity contribution >= 4 is 11.6 Å². The highest BCUT2D eigenvalue weighted by molar-refractivity contribution is 6.30. The van der Waals surface area contributed by atoms with Gasteiger partial charge in [-0.1, -0.05) is 61.9 Å². The Morgan fingerprint density at radius 3 is 2.38 bits per heavy atom. The van der Waals surface area contributed by atoms with Gasteiger partial charge in [-0.25, -0.2) is 0 Å². The fraction of sp³-hybridized carbons (Fsp3) is 0.333. The molecule has 0 amide bonds. The molecule has 0 unspecified atom stereocenters. The number of benzene rings is 2. The summed E-state index contributed by atoms with van der Waals surface area (Å²) in [6.45, 7) is 3.95. The third kappa shape index (κ3) is 4.24. The lowest BCUT2D eigenvalue weighted by atomic mass is 10.0. The van der Waals surface area contributed by atoms with Crippen molar-refractivity contribution in [2.45, 2.75) is 26.4 Å². The summed E-state index contributed by atoms with van der Waals surface area (Å²) in [6, 6.07) is 17.1. The van der Waals surface area contributed by atoms with Crippen molar-refractivity contribution in [2.24, 2.45) is 17.3 Å². The summed E-state index contributed by atoms with van der Waals surface area (Å²) in [4.78, 5) is 0. The van der Waals surface area contributed by atoms with E-state index in [0.29, 0.717) is 12.2 Å². The summed E-state index contributed by atoms with van der Waals surface area (Å²) in [5.41, 5.74) is 0.831. The molecule has 5 heteroatoms. The number of hydrogen-bond acceptors (Lipinski definition) is 1. The van der Waals surface area contributed by atoms with E-state index in [1.54, 1.807) is 0 Å². The Labute approximate surface area is 156 Å². The van der Waals surface area contributed by atoms with Crippen LogP contribution in [-0.2, 0) is 6.42 Å². The van der Waals surface area contributed by atoms with E-state index in [0.717, 1.165) is 17.4 Å². The second-order valence-electron chi connectivity index (χ2n) is 7.23. The van der Waals surface area contributed by atoms with Gasteiger partial charge in [0.05, 0.1) is 0 Å². The molecule has 3 rings (SSSR count). The summed E-state index contributed by atoms with van der Waals surface area (Å²) >= 11 is 5.42. The maximum Gasteiger partial charge on any atom is 0.426 e. The lowest BCUT2D eigenvalue weighted by Crippen LogP contribution is -2.07. The van der Waals surface area contributed by atoms with Gasteiger partial charge in [0.25, 0.3) is 0 Å². The molecule has 0 radical (unpaired) electrons. The molecule has 138 valence electrons. The van der Waals surface area contributed by atoms with Gasteiger partial charge in [0.1, 0.15) is 16.5 Å². The Hall–Kier alpha value is -1.94. The van der Waals surface area contributed by atoms with Crippen LogP contribution >= 0.6 is 11.6 Å². The minimum absolute atomic E-state index is 0.116. The lowest BCUT2D eigenvalue weighted by molar-refractivity contribution is -0.0848. The van der Waals surface area contributed by atoms with Crippen molar-refractivity contribution < 1.29 is 17.9 Å². The fourth-order valence-electron chi connectivity index (χ4n) is 3.37. The molecular weight excluding hydrogens is 361 g/mol. The Kier molecular flexibility index (Phi) is 5.07. The number of para-hydroxylation sites is 1. The van der Waals surface area contributed by atoms with Crippen LogP contribution in [0.5, 0.6) is 11.5 Å². The summed E-state index contributed by atoms with van der Waals surface area (Å²) in [6.07, 6.45) is -2.63. The number of halogens is 4. The van der Waals surface area contributed by atoms with Gasteiger partial charge in [0.2, 0.25) is 0 Å². The van der Waals surface area contributed by atoms with Crippen LogP contribution in [0.1, 0.15) is 19.4 Å². The molecule has 1 aliphatic carbocycles. The van der Waals surface area contributed by atoms with E-state index in [1.807, 2.05) is 68.4 Å². The van der Waals surface area contributed by atoms with Gasteiger partial charge in [-0.05, 0) is 53.5 Å². The van der Waals surface area contributed by atoms with Crippen LogP contribution in [0.2, 0.25) is 0 Å². The molecule has 1 saturated carbocycles. The first-order valence-electron chi connectivity index (χ1n) is 8.44. The average Bonchev–Trinajstić information content (AvgIpc) is 3.07. The van der Waals surface area contributed by atoms with Gasteiger partial charge in [0, 0.05) is 0 Å². The molecule has 1 fully saturated rings. The Balaban J connectivity index is 1.70. The molecule has 2 atom stereocenters. The molecule has 1 nitrogen and oxygen atoms in total. The zero-order chi connectivity index (χ0) is 18.9. The predicted octanol–water partition coefficient (Wildman–Crippen LogP) is 6.98. The first-order valence-corrected chi connectivity index (χ1v) is 8.82. The van der Waals surface area contributed by atoms with Gasteiger partial charge in [-0.3, -0.25) is 0 Å². The van der Waals surface area contributed by atoms with Crippen molar-refractivity contribution in [3.63, 3.8) is 0 Å². The van der Waals surface area contributed by atoms with Crippen LogP contribution in [-0.4, -0.2) is 6.18 Å². The molecule has 26 heavy (non-hydrogen) atoms. The highest BCUT2D eigenvalue weighted by Crippen LogP contribution is 2.61. The minimum atomic E-state index is -4.48. The zero-order valence-corrected chi connectivity index (χ0v) is 15.3. The molecule has 0 N–H and O–H groups in total. The smallest absolute Gasteiger partial charge is 0.426 e. The van der Waals surface area contributed by atoms with E-state index >= 15 is 0 Å². The molecule has 0 aliphatic heterocycles. The van der Waals surface area contributed by atoms with Gasteiger partial charge in [-0.2, -0.15) is 13.2 Å². The van der Waals surface area contributed by atoms with Crippen molar-refractivity contribution in [3.8, 4) is 11.5 Å². The van der Waals surface area contributed by atoms with Crippen molar-refractivity contribution in [3.05, 3.63) is 71.3 Å². The standard InChI is InChI=1S/C21H20ClF3O/c1-20(2)17(18(20)13-19(22)21(23,24)25)12-14-7-6-10-16(11-14)26-15-8-4-3-5-9-15/h3-11,13,17-18H,12H2,1-2H3/b19-13+/t17-,18+/m0/s1. The van der Waals surface area contributed by atoms with E-state index in [4.69, 9.17) is 16.3 Å². The van der Waals surface area contributed by atoms with E-state index in [1.165, 1.54) is 0 Å². The first kappa shape index (κ1) is 18.8. The SMILES string of the molecule is CC1(C)[C@H](/C=C(/Cl)C(F)(F)F)[C@@H]1Cc1cccc(Oc2ccccc2)c1. The van der Waals surface area contributed by atoms with Gasteiger partial charge in [-0.15, -0.1) is 0 Å². The molecule has 0 heterocycles. The molecule has 0 aromatic heterocycles. The maximum absolute atomic E-state index is 12.7. The van der Waals surface area contributed by atoms with E-state index in [2.05, 4.69) is 0 Å². The van der Waals surface area contributed by atoms with Crippen molar-refractivity contribution in [2.75, 3.05) is 0 Å². The number of hydrogen-bond donors (Lipinski definition) is 0. The largest absolute Gasteiger partial charge is 0.457 e. The monoisotopic (exact) mass is 380 g/mol. The molecule has 2 aromatic rings. The van der Waals surface area contributed by atoms with Crippen LogP contribution in [0.3, 0.4) is 0 Å². The third-order valence-corrected chi connectivity index (χ3v) is 5.41. The van der Waals surface area contributed by atoms with Crippen LogP contribution in [0.4, 0.5) is 13.2 Å². The van der Waals surface area contributed by atoms with E-state index in [9.17, 15) is 13.2 Å². The Bertz CT molecular complexity index is 796. The maximum atomic E-state index is 12.7.